The highest BCUT2D eigenvalue weighted by atomic mass is 32.1. The number of urea groups is 1. The Labute approximate surface area is 141 Å². The average Bonchev–Trinajstić information content (AvgIpc) is 2.88. The monoisotopic (exact) mass is 357 g/mol. The van der Waals surface area contributed by atoms with Gasteiger partial charge in [-0.1, -0.05) is 0 Å². The Kier molecular flexibility index (Phi) is 5.48. The molecule has 0 atom stereocenters. The highest BCUT2D eigenvalue weighted by Crippen LogP contribution is 2.29. The molecule has 2 rings (SSSR count). The van der Waals surface area contributed by atoms with Crippen molar-refractivity contribution in [2.75, 3.05) is 13.1 Å². The number of rotatable bonds is 3. The van der Waals surface area contributed by atoms with E-state index in [0.29, 0.717) is 23.6 Å². The second-order valence-corrected chi connectivity index (χ2v) is 6.32. The van der Waals surface area contributed by atoms with Crippen LogP contribution in [-0.2, 0) is 6.18 Å². The highest BCUT2D eigenvalue weighted by Gasteiger charge is 2.30. The molecule has 0 aliphatic rings. The molecule has 0 radical (unpaired) electrons. The summed E-state index contributed by atoms with van der Waals surface area (Å²) < 4.78 is 39.6. The molecule has 8 heteroatoms. The van der Waals surface area contributed by atoms with Crippen molar-refractivity contribution in [2.24, 2.45) is 4.99 Å². The number of thiazole rings is 1. The molecule has 0 aliphatic carbocycles. The van der Waals surface area contributed by atoms with Crippen LogP contribution in [0.25, 0.3) is 5.69 Å². The molecular weight excluding hydrogens is 339 g/mol. The van der Waals surface area contributed by atoms with Gasteiger partial charge in [0.2, 0.25) is 0 Å². The molecule has 0 saturated heterocycles. The summed E-state index contributed by atoms with van der Waals surface area (Å²) in [5.74, 6) is 0. The maximum Gasteiger partial charge on any atom is 0.416 e. The topological polar surface area (TPSA) is 37.6 Å². The largest absolute Gasteiger partial charge is 0.416 e. The molecular formula is C16H18F3N3OS. The van der Waals surface area contributed by atoms with Crippen molar-refractivity contribution in [1.82, 2.24) is 9.47 Å². The molecule has 0 unspecified atom stereocenters. The van der Waals surface area contributed by atoms with E-state index in [-0.39, 0.29) is 6.03 Å². The smallest absolute Gasteiger partial charge is 0.323 e. The summed E-state index contributed by atoms with van der Waals surface area (Å²) in [6.07, 6.45) is -2.62. The predicted octanol–water partition coefficient (Wildman–Crippen LogP) is 4.23. The fourth-order valence-electron chi connectivity index (χ4n) is 2.18. The number of alkyl halides is 3. The third-order valence-electron chi connectivity index (χ3n) is 3.47. The summed E-state index contributed by atoms with van der Waals surface area (Å²) in [6.45, 7) is 6.67. The number of hydrogen-bond acceptors (Lipinski definition) is 2. The van der Waals surface area contributed by atoms with Crippen molar-refractivity contribution in [3.05, 3.63) is 45.7 Å². The molecule has 0 fully saturated rings. The van der Waals surface area contributed by atoms with Gasteiger partial charge in [-0.25, -0.2) is 4.79 Å². The number of benzene rings is 1. The van der Waals surface area contributed by atoms with Gasteiger partial charge in [0.15, 0.2) is 4.80 Å². The number of halogens is 3. The van der Waals surface area contributed by atoms with E-state index in [9.17, 15) is 18.0 Å². The van der Waals surface area contributed by atoms with Crippen molar-refractivity contribution in [1.29, 1.82) is 0 Å². The maximum atomic E-state index is 12.7. The lowest BCUT2D eigenvalue weighted by Gasteiger charge is -2.14. The Bertz CT molecular complexity index is 771. The Morgan fingerprint density at radius 3 is 2.29 bits per heavy atom. The summed E-state index contributed by atoms with van der Waals surface area (Å²) in [7, 11) is 0. The van der Waals surface area contributed by atoms with E-state index in [1.54, 1.807) is 15.7 Å². The second kappa shape index (κ2) is 7.21. The van der Waals surface area contributed by atoms with E-state index in [4.69, 9.17) is 0 Å². The predicted molar refractivity (Wildman–Crippen MR) is 87.3 cm³/mol. The fraction of sp³-hybridized carbons (Fsp3) is 0.375. The first-order valence-corrected chi connectivity index (χ1v) is 8.28. The van der Waals surface area contributed by atoms with Crippen molar-refractivity contribution < 1.29 is 18.0 Å². The minimum Gasteiger partial charge on any atom is -0.323 e. The van der Waals surface area contributed by atoms with Crippen molar-refractivity contribution in [3.63, 3.8) is 0 Å². The van der Waals surface area contributed by atoms with Gasteiger partial charge in [0.25, 0.3) is 0 Å². The lowest BCUT2D eigenvalue weighted by atomic mass is 10.2. The molecule has 1 aromatic carbocycles. The summed E-state index contributed by atoms with van der Waals surface area (Å²) in [4.78, 5) is 19.2. The number of hydrogen-bond donors (Lipinski definition) is 0. The summed E-state index contributed by atoms with van der Waals surface area (Å²) >= 11 is 1.31. The average molecular weight is 357 g/mol. The van der Waals surface area contributed by atoms with Gasteiger partial charge in [-0.3, -0.25) is 4.57 Å². The molecule has 4 nitrogen and oxygen atoms in total. The van der Waals surface area contributed by atoms with Crippen LogP contribution in [-0.4, -0.2) is 28.6 Å². The molecule has 130 valence electrons. The Morgan fingerprint density at radius 1 is 1.21 bits per heavy atom. The lowest BCUT2D eigenvalue weighted by Crippen LogP contribution is -2.30. The Morgan fingerprint density at radius 2 is 1.79 bits per heavy atom. The van der Waals surface area contributed by atoms with E-state index >= 15 is 0 Å². The number of nitrogens with zero attached hydrogens (tertiary/aromatic N) is 3. The zero-order valence-electron chi connectivity index (χ0n) is 13.6. The normalized spacial score (nSPS) is 12.5. The zero-order valence-corrected chi connectivity index (χ0v) is 14.4. The molecule has 24 heavy (non-hydrogen) atoms. The van der Waals surface area contributed by atoms with Gasteiger partial charge in [-0.05, 0) is 45.0 Å². The summed E-state index contributed by atoms with van der Waals surface area (Å²) in [5.41, 5.74) is -0.185. The van der Waals surface area contributed by atoms with Crippen molar-refractivity contribution >= 4 is 17.4 Å². The SMILES string of the molecule is CCN(CC)C(=O)N=c1sc(C)cn1-c1ccc(C(F)(F)F)cc1. The highest BCUT2D eigenvalue weighted by molar-refractivity contribution is 7.09. The molecule has 0 aliphatic heterocycles. The Balaban J connectivity index is 2.44. The van der Waals surface area contributed by atoms with Gasteiger partial charge in [0.05, 0.1) is 5.56 Å². The summed E-state index contributed by atoms with van der Waals surface area (Å²) in [6, 6.07) is 4.42. The van der Waals surface area contributed by atoms with Gasteiger partial charge in [0.1, 0.15) is 0 Å². The van der Waals surface area contributed by atoms with Crippen LogP contribution in [0.1, 0.15) is 24.3 Å². The van der Waals surface area contributed by atoms with Crippen molar-refractivity contribution in [3.8, 4) is 5.69 Å². The number of carbonyl (C=O) groups excluding carboxylic acids is 1. The molecule has 0 N–H and O–H groups in total. The van der Waals surface area contributed by atoms with Crippen LogP contribution in [0, 0.1) is 6.92 Å². The maximum absolute atomic E-state index is 12.7. The van der Waals surface area contributed by atoms with E-state index < -0.39 is 11.7 Å². The molecule has 2 aromatic rings. The number of aromatic nitrogens is 1. The first kappa shape index (κ1) is 18.3. The van der Waals surface area contributed by atoms with E-state index in [0.717, 1.165) is 17.0 Å². The minimum atomic E-state index is -4.38. The molecule has 1 heterocycles. The van der Waals surface area contributed by atoms with Crippen LogP contribution in [0.5, 0.6) is 0 Å². The molecule has 0 saturated carbocycles. The van der Waals surface area contributed by atoms with Gasteiger partial charge in [-0.15, -0.1) is 11.3 Å². The first-order valence-electron chi connectivity index (χ1n) is 7.46. The molecule has 0 spiro atoms. The van der Waals surface area contributed by atoms with Gasteiger partial charge in [0, 0.05) is 29.9 Å². The van der Waals surface area contributed by atoms with Crippen molar-refractivity contribution in [2.45, 2.75) is 26.9 Å². The second-order valence-electron chi connectivity index (χ2n) is 5.11. The summed E-state index contributed by atoms with van der Waals surface area (Å²) in [5, 5.41) is 0. The first-order chi connectivity index (χ1) is 11.3. The van der Waals surface area contributed by atoms with Gasteiger partial charge < -0.3 is 4.90 Å². The minimum absolute atomic E-state index is 0.359. The molecule has 1 aromatic heterocycles. The number of amides is 2. The third-order valence-corrected chi connectivity index (χ3v) is 4.37. The van der Waals surface area contributed by atoms with E-state index in [1.165, 1.54) is 23.5 Å². The Hall–Kier alpha value is -2.09. The number of carbonyl (C=O) groups is 1. The number of aryl methyl sites for hydroxylation is 1. The molecule has 2 amide bonds. The van der Waals surface area contributed by atoms with Crippen LogP contribution in [0.2, 0.25) is 0 Å². The van der Waals surface area contributed by atoms with Crippen LogP contribution in [0.3, 0.4) is 0 Å². The lowest BCUT2D eigenvalue weighted by molar-refractivity contribution is -0.137. The standard InChI is InChI=1S/C16H18F3N3OS/c1-4-21(5-2)14(23)20-15-22(10-11(3)24-15)13-8-6-12(7-9-13)16(17,18)19/h6-10H,4-5H2,1-3H3. The van der Waals surface area contributed by atoms with E-state index in [1.807, 2.05) is 20.8 Å². The van der Waals surface area contributed by atoms with Crippen LogP contribution in [0.15, 0.2) is 35.5 Å². The van der Waals surface area contributed by atoms with E-state index in [2.05, 4.69) is 4.99 Å². The third kappa shape index (κ3) is 4.05. The van der Waals surface area contributed by atoms with Crippen LogP contribution in [0.4, 0.5) is 18.0 Å². The van der Waals surface area contributed by atoms with Crippen LogP contribution >= 0.6 is 11.3 Å². The fourth-order valence-corrected chi connectivity index (χ4v) is 3.00. The molecule has 0 bridgehead atoms. The zero-order chi connectivity index (χ0) is 17.9. The van der Waals surface area contributed by atoms with Gasteiger partial charge in [-0.2, -0.15) is 18.2 Å². The van der Waals surface area contributed by atoms with Gasteiger partial charge >= 0.3 is 12.2 Å². The quantitative estimate of drug-likeness (QED) is 0.810. The van der Waals surface area contributed by atoms with Crippen LogP contribution < -0.4 is 4.80 Å².